The summed E-state index contributed by atoms with van der Waals surface area (Å²) in [7, 11) is 0. The number of carbonyl (C=O) groups is 1. The van der Waals surface area contributed by atoms with E-state index in [9.17, 15) is 14.9 Å². The number of halogens is 1. The predicted molar refractivity (Wildman–Crippen MR) is 60.2 cm³/mol. The van der Waals surface area contributed by atoms with Gasteiger partial charge in [0, 0.05) is 6.07 Å². The van der Waals surface area contributed by atoms with E-state index >= 15 is 0 Å². The molecule has 0 heterocycles. The van der Waals surface area contributed by atoms with Gasteiger partial charge < -0.3 is 0 Å². The molecule has 1 aromatic rings. The van der Waals surface area contributed by atoms with Crippen molar-refractivity contribution in [1.82, 2.24) is 0 Å². The molecular weight excluding hydrogens is 294 g/mol. The zero-order chi connectivity index (χ0) is 12.4. The standard InChI is InChI=1S/C10H8BrNO5/c11-7-2-1-3-8(12(14)15)9(7)16-17-10(13)6-4-5-6/h1-3,6H,4-5H2. The Morgan fingerprint density at radius 1 is 1.47 bits per heavy atom. The monoisotopic (exact) mass is 301 g/mol. The maximum atomic E-state index is 11.2. The second-order valence-electron chi connectivity index (χ2n) is 3.61. The van der Waals surface area contributed by atoms with Crippen molar-refractivity contribution in [2.45, 2.75) is 12.8 Å². The Morgan fingerprint density at radius 2 is 2.18 bits per heavy atom. The topological polar surface area (TPSA) is 78.7 Å². The van der Waals surface area contributed by atoms with Crippen molar-refractivity contribution < 1.29 is 19.5 Å². The molecule has 0 saturated heterocycles. The normalized spacial score (nSPS) is 14.2. The first kappa shape index (κ1) is 11.8. The highest BCUT2D eigenvalue weighted by atomic mass is 79.9. The molecular formula is C10H8BrNO5. The fraction of sp³-hybridized carbons (Fsp3) is 0.300. The predicted octanol–water partition coefficient (Wildman–Crippen LogP) is 2.60. The first-order chi connectivity index (χ1) is 8.09. The minimum atomic E-state index is -0.606. The summed E-state index contributed by atoms with van der Waals surface area (Å²) in [5.74, 6) is -0.724. The van der Waals surface area contributed by atoms with Crippen LogP contribution in [0.5, 0.6) is 5.75 Å². The molecule has 17 heavy (non-hydrogen) atoms. The molecule has 1 aliphatic rings. The zero-order valence-electron chi connectivity index (χ0n) is 8.59. The number of benzene rings is 1. The molecule has 1 aromatic carbocycles. The minimum Gasteiger partial charge on any atom is -0.278 e. The number of hydrogen-bond acceptors (Lipinski definition) is 5. The number of nitro groups is 1. The summed E-state index contributed by atoms with van der Waals surface area (Å²) < 4.78 is 0.357. The molecule has 0 amide bonds. The maximum Gasteiger partial charge on any atom is 0.358 e. The van der Waals surface area contributed by atoms with Crippen molar-refractivity contribution in [3.05, 3.63) is 32.8 Å². The van der Waals surface area contributed by atoms with Crippen LogP contribution in [-0.2, 0) is 9.68 Å². The van der Waals surface area contributed by atoms with E-state index < -0.39 is 10.9 Å². The van der Waals surface area contributed by atoms with Crippen molar-refractivity contribution in [3.8, 4) is 5.75 Å². The van der Waals surface area contributed by atoms with Gasteiger partial charge in [-0.05, 0) is 34.8 Å². The molecule has 6 nitrogen and oxygen atoms in total. The van der Waals surface area contributed by atoms with E-state index in [-0.39, 0.29) is 17.4 Å². The van der Waals surface area contributed by atoms with Gasteiger partial charge in [0.2, 0.25) is 0 Å². The minimum absolute atomic E-state index is 0.105. The SMILES string of the molecule is O=C(OOc1c(Br)cccc1[N+](=O)[O-])C1CC1. The summed E-state index contributed by atoms with van der Waals surface area (Å²) in [6.07, 6.45) is 1.56. The van der Waals surface area contributed by atoms with Gasteiger partial charge in [-0.3, -0.25) is 15.0 Å². The van der Waals surface area contributed by atoms with Crippen molar-refractivity contribution in [2.24, 2.45) is 5.92 Å². The Morgan fingerprint density at radius 3 is 2.76 bits per heavy atom. The van der Waals surface area contributed by atoms with Crippen molar-refractivity contribution in [2.75, 3.05) is 0 Å². The molecule has 1 saturated carbocycles. The third-order valence-corrected chi connectivity index (χ3v) is 2.89. The fourth-order valence-electron chi connectivity index (χ4n) is 1.19. The lowest BCUT2D eigenvalue weighted by molar-refractivity contribution is -0.388. The van der Waals surface area contributed by atoms with E-state index in [1.54, 1.807) is 6.07 Å². The molecule has 0 radical (unpaired) electrons. The van der Waals surface area contributed by atoms with Crippen LogP contribution in [0.15, 0.2) is 22.7 Å². The van der Waals surface area contributed by atoms with Crippen LogP contribution in [0, 0.1) is 16.0 Å². The number of nitrogens with zero attached hydrogens (tertiary/aromatic N) is 1. The lowest BCUT2D eigenvalue weighted by Crippen LogP contribution is -2.10. The molecule has 1 aliphatic carbocycles. The largest absolute Gasteiger partial charge is 0.358 e. The molecule has 0 spiro atoms. The van der Waals surface area contributed by atoms with E-state index in [2.05, 4.69) is 20.8 Å². The molecule has 0 atom stereocenters. The van der Waals surface area contributed by atoms with Crippen molar-refractivity contribution in [1.29, 1.82) is 0 Å². The number of nitro benzene ring substituents is 1. The molecule has 7 heteroatoms. The molecule has 90 valence electrons. The first-order valence-corrected chi connectivity index (χ1v) is 5.70. The summed E-state index contributed by atoms with van der Waals surface area (Å²) in [6, 6.07) is 4.33. The Balaban J connectivity index is 2.12. The van der Waals surface area contributed by atoms with Gasteiger partial charge in [-0.1, -0.05) is 6.07 Å². The van der Waals surface area contributed by atoms with Crippen LogP contribution in [0.1, 0.15) is 12.8 Å². The highest BCUT2D eigenvalue weighted by Gasteiger charge is 2.33. The number of carbonyl (C=O) groups excluding carboxylic acids is 1. The van der Waals surface area contributed by atoms with Gasteiger partial charge in [0.05, 0.1) is 15.3 Å². The third-order valence-electron chi connectivity index (χ3n) is 2.26. The maximum absolute atomic E-state index is 11.2. The van der Waals surface area contributed by atoms with Crippen LogP contribution in [0.3, 0.4) is 0 Å². The van der Waals surface area contributed by atoms with E-state index in [0.717, 1.165) is 12.8 Å². The van der Waals surface area contributed by atoms with Gasteiger partial charge in [-0.2, -0.15) is 0 Å². The van der Waals surface area contributed by atoms with Crippen LogP contribution >= 0.6 is 15.9 Å². The Hall–Kier alpha value is -1.63. The van der Waals surface area contributed by atoms with Crippen LogP contribution in [-0.4, -0.2) is 10.9 Å². The molecule has 0 aliphatic heterocycles. The average molecular weight is 302 g/mol. The molecule has 0 unspecified atom stereocenters. The van der Waals surface area contributed by atoms with Crippen molar-refractivity contribution >= 4 is 27.6 Å². The Labute approximate surface area is 105 Å². The Kier molecular flexibility index (Phi) is 3.28. The molecule has 0 N–H and O–H groups in total. The summed E-state index contributed by atoms with van der Waals surface area (Å²) in [5, 5.41) is 10.7. The highest BCUT2D eigenvalue weighted by molar-refractivity contribution is 9.10. The van der Waals surface area contributed by atoms with Gasteiger partial charge in [0.1, 0.15) is 0 Å². The number of hydrogen-bond donors (Lipinski definition) is 0. The van der Waals surface area contributed by atoms with Crippen LogP contribution in [0.25, 0.3) is 0 Å². The van der Waals surface area contributed by atoms with Crippen LogP contribution < -0.4 is 4.89 Å². The van der Waals surface area contributed by atoms with Crippen LogP contribution in [0.2, 0.25) is 0 Å². The zero-order valence-corrected chi connectivity index (χ0v) is 10.2. The van der Waals surface area contributed by atoms with E-state index in [0.29, 0.717) is 4.47 Å². The van der Waals surface area contributed by atoms with E-state index in [1.807, 2.05) is 0 Å². The van der Waals surface area contributed by atoms with Gasteiger partial charge in [-0.25, -0.2) is 9.68 Å². The number of para-hydroxylation sites is 1. The quantitative estimate of drug-likeness (QED) is 0.485. The molecule has 1 fully saturated rings. The molecule has 2 rings (SSSR count). The van der Waals surface area contributed by atoms with Gasteiger partial charge >= 0.3 is 11.7 Å². The lowest BCUT2D eigenvalue weighted by Gasteiger charge is -2.05. The van der Waals surface area contributed by atoms with Gasteiger partial charge in [0.15, 0.2) is 0 Å². The van der Waals surface area contributed by atoms with Crippen molar-refractivity contribution in [3.63, 3.8) is 0 Å². The van der Waals surface area contributed by atoms with Gasteiger partial charge in [-0.15, -0.1) is 0 Å². The first-order valence-electron chi connectivity index (χ1n) is 4.91. The molecule has 0 aromatic heterocycles. The number of rotatable bonds is 4. The van der Waals surface area contributed by atoms with E-state index in [4.69, 9.17) is 4.89 Å². The third kappa shape index (κ3) is 2.73. The van der Waals surface area contributed by atoms with Gasteiger partial charge in [0.25, 0.3) is 5.75 Å². The molecule has 0 bridgehead atoms. The summed E-state index contributed by atoms with van der Waals surface area (Å²) in [6.45, 7) is 0. The summed E-state index contributed by atoms with van der Waals surface area (Å²) in [5.41, 5.74) is -0.261. The second-order valence-corrected chi connectivity index (χ2v) is 4.46. The Bertz CT molecular complexity index is 472. The van der Waals surface area contributed by atoms with Crippen LogP contribution in [0.4, 0.5) is 5.69 Å². The lowest BCUT2D eigenvalue weighted by atomic mass is 10.3. The smallest absolute Gasteiger partial charge is 0.278 e. The highest BCUT2D eigenvalue weighted by Crippen LogP contribution is 2.36. The second kappa shape index (κ2) is 4.70. The summed E-state index contributed by atoms with van der Waals surface area (Å²) in [4.78, 5) is 30.7. The summed E-state index contributed by atoms with van der Waals surface area (Å²) >= 11 is 3.10. The average Bonchev–Trinajstić information content (AvgIpc) is 3.10. The fourth-order valence-corrected chi connectivity index (χ4v) is 1.62. The van der Waals surface area contributed by atoms with E-state index in [1.165, 1.54) is 12.1 Å².